The third-order valence-electron chi connectivity index (χ3n) is 1.47. The maximum Gasteiger partial charge on any atom is 0.292 e. The molecule has 1 aromatic heterocycles. The van der Waals surface area contributed by atoms with E-state index in [1.54, 1.807) is 10.3 Å². The Balaban J connectivity index is 2.46. The minimum Gasteiger partial charge on any atom is -0.0622 e. The predicted molar refractivity (Wildman–Crippen MR) is 52.0 cm³/mol. The Morgan fingerprint density at radius 2 is 1.82 bits per heavy atom. The normalized spacial score (nSPS) is 9.82. The van der Waals surface area contributed by atoms with Gasteiger partial charge in [0.25, 0.3) is 10.3 Å². The van der Waals surface area contributed by atoms with Crippen molar-refractivity contribution >= 4 is 20.7 Å². The predicted octanol–water partition coefficient (Wildman–Crippen LogP) is 3.76. The smallest absolute Gasteiger partial charge is 0.0622 e. The van der Waals surface area contributed by atoms with Crippen molar-refractivity contribution in [1.82, 2.24) is 0 Å². The fourth-order valence-corrected chi connectivity index (χ4v) is 2.84. The van der Waals surface area contributed by atoms with Gasteiger partial charge in [-0.15, -0.1) is 0 Å². The lowest BCUT2D eigenvalue weighted by atomic mass is 10.2. The van der Waals surface area contributed by atoms with Gasteiger partial charge in [-0.05, 0) is 5.56 Å². The highest BCUT2D eigenvalue weighted by Gasteiger charge is 2.03. The van der Waals surface area contributed by atoms with Crippen LogP contribution in [0.5, 0.6) is 0 Å². The first kappa shape index (κ1) is 6.95. The first-order chi connectivity index (χ1) is 5.47. The molecular formula is C9H7S2+. The van der Waals surface area contributed by atoms with Gasteiger partial charge in [-0.2, -0.15) is 0 Å². The Labute approximate surface area is 73.2 Å². The van der Waals surface area contributed by atoms with E-state index in [9.17, 15) is 0 Å². The monoisotopic (exact) mass is 179 g/mol. The summed E-state index contributed by atoms with van der Waals surface area (Å²) in [5.41, 5.74) is 1.32. The fraction of sp³-hybridized carbons (Fsp3) is 0. The molecule has 0 aliphatic carbocycles. The summed E-state index contributed by atoms with van der Waals surface area (Å²) in [4.78, 5) is 1.36. The molecule has 0 unspecified atom stereocenters. The number of benzene rings is 1. The highest BCUT2D eigenvalue weighted by atomic mass is 32.9. The number of hydrogen-bond acceptors (Lipinski definition) is 1. The van der Waals surface area contributed by atoms with Gasteiger partial charge in [0.05, 0.1) is 4.88 Å². The zero-order valence-corrected chi connectivity index (χ0v) is 7.49. The van der Waals surface area contributed by atoms with Crippen molar-refractivity contribution < 1.29 is 0 Å². The Hall–Kier alpha value is -0.730. The van der Waals surface area contributed by atoms with Crippen molar-refractivity contribution in [3.8, 4) is 10.4 Å². The summed E-state index contributed by atoms with van der Waals surface area (Å²) in [6.07, 6.45) is 0. The van der Waals surface area contributed by atoms with Gasteiger partial charge in [0.2, 0.25) is 5.38 Å². The Bertz CT molecular complexity index is 311. The molecule has 1 aromatic carbocycles. The Morgan fingerprint density at radius 3 is 2.45 bits per heavy atom. The zero-order valence-electron chi connectivity index (χ0n) is 5.86. The molecule has 0 radical (unpaired) electrons. The average Bonchev–Trinajstić information content (AvgIpc) is 2.58. The van der Waals surface area contributed by atoms with Gasteiger partial charge in [-0.25, -0.2) is 0 Å². The van der Waals surface area contributed by atoms with Gasteiger partial charge in [-0.1, -0.05) is 30.3 Å². The topological polar surface area (TPSA) is 0 Å². The van der Waals surface area contributed by atoms with Gasteiger partial charge in [0.15, 0.2) is 10.3 Å². The lowest BCUT2D eigenvalue weighted by Gasteiger charge is -1.89. The molecule has 0 spiro atoms. The molecule has 0 atom stereocenters. The van der Waals surface area contributed by atoms with Crippen LogP contribution in [0.3, 0.4) is 0 Å². The highest BCUT2D eigenvalue weighted by Crippen LogP contribution is 2.26. The van der Waals surface area contributed by atoms with E-state index in [0.29, 0.717) is 0 Å². The van der Waals surface area contributed by atoms with Crippen molar-refractivity contribution in [2.75, 3.05) is 0 Å². The summed E-state index contributed by atoms with van der Waals surface area (Å²) in [6, 6.07) is 12.6. The first-order valence-electron chi connectivity index (χ1n) is 3.39. The SMILES string of the molecule is c1ccc(-c2cc[s+]s2)cc1. The van der Waals surface area contributed by atoms with Crippen LogP contribution in [0, 0.1) is 0 Å². The van der Waals surface area contributed by atoms with Gasteiger partial charge in [0.1, 0.15) is 0 Å². The van der Waals surface area contributed by atoms with Crippen LogP contribution >= 0.6 is 20.7 Å². The molecule has 2 heteroatoms. The van der Waals surface area contributed by atoms with E-state index < -0.39 is 0 Å². The third-order valence-corrected chi connectivity index (χ3v) is 3.53. The standard InChI is InChI=1S/C9H7S2/c1-2-4-8(5-3-1)9-6-7-10-11-9/h1-7H/q+1. The molecule has 0 saturated carbocycles. The van der Waals surface area contributed by atoms with Crippen LogP contribution in [0.4, 0.5) is 0 Å². The lowest BCUT2D eigenvalue weighted by molar-refractivity contribution is 1.70. The van der Waals surface area contributed by atoms with Crippen LogP contribution in [0.2, 0.25) is 0 Å². The lowest BCUT2D eigenvalue weighted by Crippen LogP contribution is -1.67. The van der Waals surface area contributed by atoms with Crippen LogP contribution in [-0.2, 0) is 0 Å². The maximum absolute atomic E-state index is 2.16. The summed E-state index contributed by atoms with van der Waals surface area (Å²) < 4.78 is 0. The zero-order chi connectivity index (χ0) is 7.52. The maximum atomic E-state index is 2.16. The second-order valence-electron chi connectivity index (χ2n) is 2.21. The van der Waals surface area contributed by atoms with E-state index >= 15 is 0 Å². The molecule has 0 saturated heterocycles. The molecule has 0 amide bonds. The minimum absolute atomic E-state index is 1.32. The van der Waals surface area contributed by atoms with E-state index in [0.717, 1.165) is 0 Å². The van der Waals surface area contributed by atoms with Gasteiger partial charge >= 0.3 is 0 Å². The molecular weight excluding hydrogens is 172 g/mol. The van der Waals surface area contributed by atoms with Crippen molar-refractivity contribution in [2.45, 2.75) is 0 Å². The quantitative estimate of drug-likeness (QED) is 0.462. The molecule has 0 aliphatic heterocycles. The number of rotatable bonds is 1. The van der Waals surface area contributed by atoms with Crippen LogP contribution in [0.1, 0.15) is 0 Å². The van der Waals surface area contributed by atoms with Crippen molar-refractivity contribution in [3.63, 3.8) is 0 Å². The van der Waals surface area contributed by atoms with Crippen LogP contribution in [-0.4, -0.2) is 0 Å². The molecule has 0 aliphatic rings. The van der Waals surface area contributed by atoms with Crippen molar-refractivity contribution in [2.24, 2.45) is 0 Å². The molecule has 2 rings (SSSR count). The van der Waals surface area contributed by atoms with E-state index in [1.807, 2.05) is 16.4 Å². The molecule has 11 heavy (non-hydrogen) atoms. The van der Waals surface area contributed by atoms with Gasteiger partial charge < -0.3 is 0 Å². The summed E-state index contributed by atoms with van der Waals surface area (Å²) in [7, 11) is 3.59. The van der Waals surface area contributed by atoms with Crippen LogP contribution in [0.25, 0.3) is 10.4 Å². The second kappa shape index (κ2) is 3.11. The van der Waals surface area contributed by atoms with Crippen LogP contribution in [0.15, 0.2) is 41.8 Å². The average molecular weight is 179 g/mol. The molecule has 0 bridgehead atoms. The summed E-state index contributed by atoms with van der Waals surface area (Å²) in [5, 5.41) is 2.12. The van der Waals surface area contributed by atoms with E-state index in [4.69, 9.17) is 0 Å². The van der Waals surface area contributed by atoms with E-state index in [1.165, 1.54) is 10.4 Å². The minimum atomic E-state index is 1.32. The summed E-state index contributed by atoms with van der Waals surface area (Å²) >= 11 is 0. The fourth-order valence-electron chi connectivity index (χ4n) is 0.944. The van der Waals surface area contributed by atoms with Gasteiger partial charge in [-0.3, -0.25) is 0 Å². The van der Waals surface area contributed by atoms with E-state index in [2.05, 4.69) is 35.7 Å². The molecule has 54 valence electrons. The molecule has 0 nitrogen and oxygen atoms in total. The van der Waals surface area contributed by atoms with Gasteiger partial charge in [0, 0.05) is 6.07 Å². The molecule has 0 N–H and O–H groups in total. The third kappa shape index (κ3) is 1.47. The molecule has 0 fully saturated rings. The second-order valence-corrected chi connectivity index (χ2v) is 4.36. The Morgan fingerprint density at radius 1 is 1.00 bits per heavy atom. The van der Waals surface area contributed by atoms with E-state index in [-0.39, 0.29) is 0 Å². The largest absolute Gasteiger partial charge is 0.292 e. The molecule has 1 heterocycles. The first-order valence-corrected chi connectivity index (χ1v) is 5.60. The molecule has 2 aromatic rings. The summed E-state index contributed by atoms with van der Waals surface area (Å²) in [5.74, 6) is 0. The van der Waals surface area contributed by atoms with Crippen molar-refractivity contribution in [1.29, 1.82) is 0 Å². The Kier molecular flexibility index (Phi) is 1.97. The highest BCUT2D eigenvalue weighted by molar-refractivity contribution is 7.70. The van der Waals surface area contributed by atoms with Crippen molar-refractivity contribution in [3.05, 3.63) is 41.8 Å². The number of hydrogen-bond donors (Lipinski definition) is 0. The van der Waals surface area contributed by atoms with Crippen LogP contribution < -0.4 is 0 Å². The summed E-state index contributed by atoms with van der Waals surface area (Å²) in [6.45, 7) is 0.